The van der Waals surface area contributed by atoms with Crippen LogP contribution in [0.3, 0.4) is 0 Å². The highest BCUT2D eigenvalue weighted by molar-refractivity contribution is 6.76. The third-order valence-electron chi connectivity index (χ3n) is 4.62. The maximum atomic E-state index is 12.4. The Morgan fingerprint density at radius 2 is 1.70 bits per heavy atom. The Kier molecular flexibility index (Phi) is 8.20. The fraction of sp³-hybridized carbons (Fsp3) is 0.900. The number of amides is 2. The van der Waals surface area contributed by atoms with Crippen LogP contribution >= 0.6 is 0 Å². The van der Waals surface area contributed by atoms with Crippen LogP contribution in [-0.2, 0) is 9.47 Å². The van der Waals surface area contributed by atoms with Crippen LogP contribution in [0.25, 0.3) is 0 Å². The molecule has 1 heterocycles. The van der Waals surface area contributed by atoms with Crippen LogP contribution in [0.1, 0.15) is 53.9 Å². The highest BCUT2D eigenvalue weighted by atomic mass is 28.3. The SMILES string of the molecule is CC(C)CC1(NC(=O)OCC[Si](C)(C)C)CCN(C(=O)OC(C)(C)C)CC1. The van der Waals surface area contributed by atoms with Crippen molar-refractivity contribution in [3.05, 3.63) is 0 Å². The average molecular weight is 401 g/mol. The van der Waals surface area contributed by atoms with Gasteiger partial charge in [0.05, 0.1) is 6.61 Å². The molecule has 0 saturated carbocycles. The fourth-order valence-electron chi connectivity index (χ4n) is 3.31. The summed E-state index contributed by atoms with van der Waals surface area (Å²) < 4.78 is 10.9. The third-order valence-corrected chi connectivity index (χ3v) is 6.33. The minimum Gasteiger partial charge on any atom is -0.450 e. The quantitative estimate of drug-likeness (QED) is 0.646. The molecule has 0 aliphatic carbocycles. The second kappa shape index (κ2) is 9.30. The molecule has 6 nitrogen and oxygen atoms in total. The van der Waals surface area contributed by atoms with Gasteiger partial charge in [-0.05, 0) is 52.0 Å². The Morgan fingerprint density at radius 3 is 2.15 bits per heavy atom. The van der Waals surface area contributed by atoms with Gasteiger partial charge in [0.2, 0.25) is 0 Å². The van der Waals surface area contributed by atoms with Crippen LogP contribution in [0, 0.1) is 5.92 Å². The van der Waals surface area contributed by atoms with E-state index < -0.39 is 13.7 Å². The highest BCUT2D eigenvalue weighted by Gasteiger charge is 2.39. The fourth-order valence-corrected chi connectivity index (χ4v) is 4.02. The molecule has 1 rings (SSSR count). The van der Waals surface area contributed by atoms with Gasteiger partial charge in [0.25, 0.3) is 0 Å². The summed E-state index contributed by atoms with van der Waals surface area (Å²) in [6.45, 7) is 18.3. The molecule has 0 unspecified atom stereocenters. The van der Waals surface area contributed by atoms with Crippen LogP contribution < -0.4 is 5.32 Å². The van der Waals surface area contributed by atoms with Gasteiger partial charge in [0.15, 0.2) is 0 Å². The molecule has 0 radical (unpaired) electrons. The number of nitrogens with one attached hydrogen (secondary N) is 1. The lowest BCUT2D eigenvalue weighted by molar-refractivity contribution is 0.0132. The second-order valence-electron chi connectivity index (χ2n) is 10.4. The van der Waals surface area contributed by atoms with E-state index in [4.69, 9.17) is 9.47 Å². The first kappa shape index (κ1) is 23.8. The van der Waals surface area contributed by atoms with Gasteiger partial charge in [-0.3, -0.25) is 0 Å². The summed E-state index contributed by atoms with van der Waals surface area (Å²) in [5, 5.41) is 3.13. The number of ether oxygens (including phenoxy) is 2. The standard InChI is InChI=1S/C20H40N2O4Si/c1-16(2)15-20(21-17(23)25-13-14-27(6,7)8)9-11-22(12-10-20)18(24)26-19(3,4)5/h16H,9-15H2,1-8H3,(H,21,23). The molecule has 0 aromatic rings. The molecular weight excluding hydrogens is 360 g/mol. The van der Waals surface area contributed by atoms with Gasteiger partial charge in [-0.2, -0.15) is 0 Å². The van der Waals surface area contributed by atoms with Crippen molar-refractivity contribution in [3.63, 3.8) is 0 Å². The number of hydrogen-bond acceptors (Lipinski definition) is 4. The molecule has 27 heavy (non-hydrogen) atoms. The first-order valence-electron chi connectivity index (χ1n) is 10.1. The molecule has 0 aromatic heterocycles. The lowest BCUT2D eigenvalue weighted by Crippen LogP contribution is -2.57. The molecule has 1 aliphatic rings. The zero-order valence-electron chi connectivity index (χ0n) is 18.6. The number of likely N-dealkylation sites (tertiary alicyclic amines) is 1. The Bertz CT molecular complexity index is 501. The minimum absolute atomic E-state index is 0.279. The summed E-state index contributed by atoms with van der Waals surface area (Å²) >= 11 is 0. The number of nitrogens with zero attached hydrogens (tertiary/aromatic N) is 1. The van der Waals surface area contributed by atoms with Gasteiger partial charge in [0.1, 0.15) is 5.60 Å². The van der Waals surface area contributed by atoms with E-state index in [1.54, 1.807) is 4.90 Å². The molecule has 1 aliphatic heterocycles. The maximum absolute atomic E-state index is 12.4. The van der Waals surface area contributed by atoms with Gasteiger partial charge in [-0.25, -0.2) is 9.59 Å². The lowest BCUT2D eigenvalue weighted by atomic mass is 9.80. The smallest absolute Gasteiger partial charge is 0.410 e. The molecular formula is C20H40N2O4Si. The van der Waals surface area contributed by atoms with E-state index in [1.807, 2.05) is 20.8 Å². The average Bonchev–Trinajstić information content (AvgIpc) is 2.43. The second-order valence-corrected chi connectivity index (χ2v) is 16.0. The van der Waals surface area contributed by atoms with E-state index in [0.29, 0.717) is 38.5 Å². The molecule has 7 heteroatoms. The van der Waals surface area contributed by atoms with Crippen molar-refractivity contribution in [3.8, 4) is 0 Å². The van der Waals surface area contributed by atoms with E-state index in [2.05, 4.69) is 38.8 Å². The van der Waals surface area contributed by atoms with E-state index in [1.165, 1.54) is 0 Å². The van der Waals surface area contributed by atoms with Crippen molar-refractivity contribution in [2.75, 3.05) is 19.7 Å². The number of piperidine rings is 1. The van der Waals surface area contributed by atoms with Crippen molar-refractivity contribution >= 4 is 20.3 Å². The minimum atomic E-state index is -1.23. The zero-order chi connectivity index (χ0) is 20.9. The summed E-state index contributed by atoms with van der Waals surface area (Å²) in [5.74, 6) is 0.445. The van der Waals surface area contributed by atoms with Gasteiger partial charge in [-0.15, -0.1) is 0 Å². The molecule has 0 aromatic carbocycles. The molecule has 0 bridgehead atoms. The first-order valence-corrected chi connectivity index (χ1v) is 13.8. The number of carbonyl (C=O) groups excluding carboxylic acids is 2. The topological polar surface area (TPSA) is 67.9 Å². The molecule has 0 spiro atoms. The van der Waals surface area contributed by atoms with Crippen LogP contribution in [0.15, 0.2) is 0 Å². The molecule has 1 N–H and O–H groups in total. The van der Waals surface area contributed by atoms with Crippen molar-refractivity contribution in [2.45, 2.75) is 90.7 Å². The molecule has 158 valence electrons. The largest absolute Gasteiger partial charge is 0.450 e. The Balaban J connectivity index is 2.63. The van der Waals surface area contributed by atoms with Crippen molar-refractivity contribution in [2.24, 2.45) is 5.92 Å². The predicted molar refractivity (Wildman–Crippen MR) is 112 cm³/mol. The van der Waals surface area contributed by atoms with Crippen molar-refractivity contribution < 1.29 is 19.1 Å². The summed E-state index contributed by atoms with van der Waals surface area (Å²) in [5.41, 5.74) is -0.815. The van der Waals surface area contributed by atoms with Gasteiger partial charge < -0.3 is 19.7 Å². The molecule has 0 atom stereocenters. The van der Waals surface area contributed by atoms with Gasteiger partial charge in [0, 0.05) is 26.7 Å². The molecule has 2 amide bonds. The van der Waals surface area contributed by atoms with Crippen LogP contribution in [-0.4, -0.2) is 56.0 Å². The highest BCUT2D eigenvalue weighted by Crippen LogP contribution is 2.30. The number of rotatable bonds is 6. The molecule has 1 saturated heterocycles. The summed E-state index contributed by atoms with van der Waals surface area (Å²) in [6, 6.07) is 0.962. The monoisotopic (exact) mass is 400 g/mol. The third kappa shape index (κ3) is 9.49. The summed E-state index contributed by atoms with van der Waals surface area (Å²) in [7, 11) is -1.23. The van der Waals surface area contributed by atoms with E-state index in [0.717, 1.165) is 12.5 Å². The lowest BCUT2D eigenvalue weighted by Gasteiger charge is -2.43. The van der Waals surface area contributed by atoms with Gasteiger partial charge in [-0.1, -0.05) is 33.5 Å². The van der Waals surface area contributed by atoms with Crippen LogP contribution in [0.2, 0.25) is 25.7 Å². The number of hydrogen-bond donors (Lipinski definition) is 1. The Labute approximate surface area is 166 Å². The maximum Gasteiger partial charge on any atom is 0.410 e. The molecule has 1 fully saturated rings. The Morgan fingerprint density at radius 1 is 1.15 bits per heavy atom. The van der Waals surface area contributed by atoms with E-state index in [-0.39, 0.29) is 17.7 Å². The number of carbonyl (C=O) groups is 2. The van der Waals surface area contributed by atoms with E-state index in [9.17, 15) is 9.59 Å². The van der Waals surface area contributed by atoms with Crippen LogP contribution in [0.4, 0.5) is 9.59 Å². The van der Waals surface area contributed by atoms with Gasteiger partial charge >= 0.3 is 12.2 Å². The van der Waals surface area contributed by atoms with Crippen molar-refractivity contribution in [1.82, 2.24) is 10.2 Å². The summed E-state index contributed by atoms with van der Waals surface area (Å²) in [4.78, 5) is 26.4. The van der Waals surface area contributed by atoms with E-state index >= 15 is 0 Å². The van der Waals surface area contributed by atoms with Crippen molar-refractivity contribution in [1.29, 1.82) is 0 Å². The first-order chi connectivity index (χ1) is 12.2. The zero-order valence-corrected chi connectivity index (χ0v) is 19.6. The number of alkyl carbamates (subject to hydrolysis) is 1. The van der Waals surface area contributed by atoms with Crippen LogP contribution in [0.5, 0.6) is 0 Å². The normalized spacial score (nSPS) is 17.6. The Hall–Kier alpha value is -1.24. The summed E-state index contributed by atoms with van der Waals surface area (Å²) in [6.07, 6.45) is 1.69. The predicted octanol–water partition coefficient (Wildman–Crippen LogP) is 4.87.